The van der Waals surface area contributed by atoms with E-state index in [2.05, 4.69) is 0 Å². The van der Waals surface area contributed by atoms with E-state index in [0.717, 1.165) is 4.90 Å². The first kappa shape index (κ1) is 13.7. The van der Waals surface area contributed by atoms with Crippen LogP contribution in [0.4, 0.5) is 0 Å². The highest BCUT2D eigenvalue weighted by Crippen LogP contribution is 2.32. The number of carboxylic acids is 1. The minimum atomic E-state index is -0.792. The maximum atomic E-state index is 10.8. The summed E-state index contributed by atoms with van der Waals surface area (Å²) >= 11 is 13.2. The Kier molecular flexibility index (Phi) is 4.96. The van der Waals surface area contributed by atoms with Gasteiger partial charge in [-0.2, -0.15) is 0 Å². The van der Waals surface area contributed by atoms with Gasteiger partial charge >= 0.3 is 5.97 Å². The van der Waals surface area contributed by atoms with Crippen molar-refractivity contribution < 1.29 is 9.90 Å². The number of aliphatic carboxylic acids is 1. The highest BCUT2D eigenvalue weighted by molar-refractivity contribution is 8.00. The lowest BCUT2D eigenvalue weighted by Crippen LogP contribution is -2.19. The summed E-state index contributed by atoms with van der Waals surface area (Å²) in [6, 6.07) is 5.30. The van der Waals surface area contributed by atoms with Gasteiger partial charge in [-0.25, -0.2) is 0 Å². The quantitative estimate of drug-likeness (QED) is 0.839. The molecule has 2 nitrogen and oxygen atoms in total. The van der Waals surface area contributed by atoms with E-state index in [1.807, 2.05) is 13.0 Å². The highest BCUT2D eigenvalue weighted by Gasteiger charge is 2.20. The van der Waals surface area contributed by atoms with Gasteiger partial charge in [-0.1, -0.05) is 37.0 Å². The van der Waals surface area contributed by atoms with Crippen LogP contribution in [0.3, 0.4) is 0 Å². The Hall–Kier alpha value is -0.380. The molecule has 0 aliphatic heterocycles. The molecule has 0 fully saturated rings. The summed E-state index contributed by atoms with van der Waals surface area (Å²) in [6.45, 7) is 3.57. The first-order valence-corrected chi connectivity index (χ1v) is 6.40. The number of benzene rings is 1. The molecular weight excluding hydrogens is 267 g/mol. The van der Waals surface area contributed by atoms with Crippen LogP contribution in [0.15, 0.2) is 23.1 Å². The first-order chi connectivity index (χ1) is 7.41. The Bertz CT molecular complexity index is 396. The summed E-state index contributed by atoms with van der Waals surface area (Å²) in [7, 11) is 0. The number of rotatable bonds is 4. The first-order valence-electron chi connectivity index (χ1n) is 4.76. The molecule has 1 aromatic carbocycles. The van der Waals surface area contributed by atoms with Crippen molar-refractivity contribution in [3.8, 4) is 0 Å². The zero-order valence-electron chi connectivity index (χ0n) is 8.91. The average molecular weight is 279 g/mol. The summed E-state index contributed by atoms with van der Waals surface area (Å²) in [6.07, 6.45) is 0. The van der Waals surface area contributed by atoms with Gasteiger partial charge in [-0.3, -0.25) is 4.79 Å². The van der Waals surface area contributed by atoms with Crippen LogP contribution in [0.2, 0.25) is 10.0 Å². The molecule has 88 valence electrons. The molecule has 0 saturated carbocycles. The zero-order chi connectivity index (χ0) is 12.3. The largest absolute Gasteiger partial charge is 0.481 e. The maximum absolute atomic E-state index is 10.8. The lowest BCUT2D eigenvalue weighted by atomic mass is 10.1. The molecule has 0 aromatic heterocycles. The molecule has 0 amide bonds. The van der Waals surface area contributed by atoms with Gasteiger partial charge in [0.2, 0.25) is 0 Å². The molecule has 16 heavy (non-hydrogen) atoms. The topological polar surface area (TPSA) is 37.3 Å². The molecule has 0 aliphatic rings. The van der Waals surface area contributed by atoms with E-state index in [9.17, 15) is 4.79 Å². The van der Waals surface area contributed by atoms with E-state index in [-0.39, 0.29) is 5.25 Å². The molecular formula is C11H12Cl2O2S. The van der Waals surface area contributed by atoms with Gasteiger partial charge < -0.3 is 5.11 Å². The normalized spacial score (nSPS) is 14.5. The molecule has 5 heteroatoms. The summed E-state index contributed by atoms with van der Waals surface area (Å²) in [5.41, 5.74) is 0. The lowest BCUT2D eigenvalue weighted by molar-refractivity contribution is -0.140. The van der Waals surface area contributed by atoms with Gasteiger partial charge in [0.25, 0.3) is 0 Å². The van der Waals surface area contributed by atoms with E-state index in [1.54, 1.807) is 19.1 Å². The fraction of sp³-hybridized carbons (Fsp3) is 0.364. The van der Waals surface area contributed by atoms with Crippen LogP contribution in [0.5, 0.6) is 0 Å². The monoisotopic (exact) mass is 278 g/mol. The van der Waals surface area contributed by atoms with Gasteiger partial charge in [-0.15, -0.1) is 11.8 Å². The van der Waals surface area contributed by atoms with Crippen molar-refractivity contribution in [3.63, 3.8) is 0 Å². The van der Waals surface area contributed by atoms with E-state index in [1.165, 1.54) is 11.8 Å². The SMILES string of the molecule is CC(Sc1ccc(Cl)c(Cl)c1)C(C)C(=O)O. The van der Waals surface area contributed by atoms with E-state index < -0.39 is 11.9 Å². The van der Waals surface area contributed by atoms with E-state index in [4.69, 9.17) is 28.3 Å². The van der Waals surface area contributed by atoms with Crippen LogP contribution in [-0.4, -0.2) is 16.3 Å². The predicted octanol–water partition coefficient (Wildman–Crippen LogP) is 4.19. The molecule has 1 N–H and O–H groups in total. The van der Waals surface area contributed by atoms with Crippen molar-refractivity contribution in [1.82, 2.24) is 0 Å². The summed E-state index contributed by atoms with van der Waals surface area (Å²) in [5.74, 6) is -1.19. The zero-order valence-corrected chi connectivity index (χ0v) is 11.2. The van der Waals surface area contributed by atoms with Crippen LogP contribution in [0.1, 0.15) is 13.8 Å². The Morgan fingerprint density at radius 1 is 1.31 bits per heavy atom. The van der Waals surface area contributed by atoms with Crippen molar-refractivity contribution in [2.75, 3.05) is 0 Å². The standard InChI is InChI=1S/C11H12Cl2O2S/c1-6(11(14)15)7(2)16-8-3-4-9(12)10(13)5-8/h3-7H,1-2H3,(H,14,15). The van der Waals surface area contributed by atoms with E-state index in [0.29, 0.717) is 10.0 Å². The highest BCUT2D eigenvalue weighted by atomic mass is 35.5. The number of carbonyl (C=O) groups is 1. The van der Waals surface area contributed by atoms with Gasteiger partial charge in [0, 0.05) is 10.1 Å². The lowest BCUT2D eigenvalue weighted by Gasteiger charge is -2.15. The molecule has 1 aromatic rings. The van der Waals surface area contributed by atoms with Crippen molar-refractivity contribution in [2.24, 2.45) is 5.92 Å². The molecule has 0 spiro atoms. The average Bonchev–Trinajstić information content (AvgIpc) is 2.22. The third kappa shape index (κ3) is 3.58. The molecule has 0 bridgehead atoms. The van der Waals surface area contributed by atoms with Gasteiger partial charge in [0.1, 0.15) is 0 Å². The number of halogens is 2. The minimum absolute atomic E-state index is 0.0188. The maximum Gasteiger partial charge on any atom is 0.307 e. The van der Waals surface area contributed by atoms with Gasteiger partial charge in [-0.05, 0) is 18.2 Å². The van der Waals surface area contributed by atoms with Gasteiger partial charge in [0.15, 0.2) is 0 Å². The molecule has 2 unspecified atom stereocenters. The molecule has 0 aliphatic carbocycles. The number of carboxylic acid groups (broad SMARTS) is 1. The molecule has 0 heterocycles. The summed E-state index contributed by atoms with van der Waals surface area (Å²) < 4.78 is 0. The van der Waals surface area contributed by atoms with Crippen LogP contribution < -0.4 is 0 Å². The number of hydrogen-bond donors (Lipinski definition) is 1. The molecule has 2 atom stereocenters. The Balaban J connectivity index is 2.73. The molecule has 0 saturated heterocycles. The van der Waals surface area contributed by atoms with Crippen LogP contribution in [0.25, 0.3) is 0 Å². The van der Waals surface area contributed by atoms with Crippen LogP contribution in [-0.2, 0) is 4.79 Å². The predicted molar refractivity (Wildman–Crippen MR) is 68.6 cm³/mol. The van der Waals surface area contributed by atoms with Crippen molar-refractivity contribution >= 4 is 40.9 Å². The Labute approximate surface area is 109 Å². The minimum Gasteiger partial charge on any atom is -0.481 e. The Morgan fingerprint density at radius 2 is 1.94 bits per heavy atom. The smallest absolute Gasteiger partial charge is 0.307 e. The third-order valence-corrected chi connectivity index (χ3v) is 4.35. The second-order valence-corrected chi connectivity index (χ2v) is 5.79. The second kappa shape index (κ2) is 5.80. The summed E-state index contributed by atoms with van der Waals surface area (Å²) in [4.78, 5) is 11.7. The van der Waals surface area contributed by atoms with Crippen molar-refractivity contribution in [3.05, 3.63) is 28.2 Å². The van der Waals surface area contributed by atoms with Crippen molar-refractivity contribution in [2.45, 2.75) is 24.0 Å². The fourth-order valence-electron chi connectivity index (χ4n) is 1.07. The fourth-order valence-corrected chi connectivity index (χ4v) is 2.51. The van der Waals surface area contributed by atoms with Crippen LogP contribution in [0, 0.1) is 5.92 Å². The number of hydrogen-bond acceptors (Lipinski definition) is 2. The third-order valence-electron chi connectivity index (χ3n) is 2.31. The Morgan fingerprint density at radius 3 is 2.44 bits per heavy atom. The second-order valence-electron chi connectivity index (χ2n) is 3.53. The van der Waals surface area contributed by atoms with E-state index >= 15 is 0 Å². The van der Waals surface area contributed by atoms with Crippen LogP contribution >= 0.6 is 35.0 Å². The summed E-state index contributed by atoms with van der Waals surface area (Å²) in [5, 5.41) is 9.84. The van der Waals surface area contributed by atoms with Crippen molar-refractivity contribution in [1.29, 1.82) is 0 Å². The van der Waals surface area contributed by atoms with Gasteiger partial charge in [0.05, 0.1) is 16.0 Å². The molecule has 1 rings (SSSR count). The number of thioether (sulfide) groups is 1. The molecule has 0 radical (unpaired) electrons.